The number of hydrogen-bond donors (Lipinski definition) is 3. The molecule has 3 aliphatic rings. The fourth-order valence-electron chi connectivity index (χ4n) is 3.56. The lowest BCUT2D eigenvalue weighted by Crippen LogP contribution is -2.46. The molecule has 3 heterocycles. The van der Waals surface area contributed by atoms with E-state index in [1.165, 1.54) is 25.9 Å². The van der Waals surface area contributed by atoms with Crippen molar-refractivity contribution in [3.63, 3.8) is 0 Å². The Morgan fingerprint density at radius 1 is 1.25 bits per heavy atom. The van der Waals surface area contributed by atoms with Crippen molar-refractivity contribution in [3.8, 4) is 0 Å². The summed E-state index contributed by atoms with van der Waals surface area (Å²) >= 11 is 0. The van der Waals surface area contributed by atoms with E-state index >= 15 is 0 Å². The Balaban J connectivity index is 1.74. The number of hydrogen-bond acceptors (Lipinski definition) is 3. The first kappa shape index (κ1) is 10.8. The lowest BCUT2D eigenvalue weighted by molar-refractivity contribution is 0.268. The molecule has 0 saturated carbocycles. The van der Waals surface area contributed by atoms with Crippen molar-refractivity contribution >= 4 is 0 Å². The average Bonchev–Trinajstić information content (AvgIpc) is 2.72. The molecule has 3 nitrogen and oxygen atoms in total. The molecule has 3 aliphatic heterocycles. The molecule has 2 saturated heterocycles. The van der Waals surface area contributed by atoms with Gasteiger partial charge >= 0.3 is 0 Å². The molecule has 0 spiro atoms. The molecule has 0 radical (unpaired) electrons. The molecule has 0 aromatic rings. The van der Waals surface area contributed by atoms with Gasteiger partial charge in [0.2, 0.25) is 0 Å². The summed E-state index contributed by atoms with van der Waals surface area (Å²) in [5.41, 5.74) is 1.66. The van der Waals surface area contributed by atoms with Gasteiger partial charge in [-0.1, -0.05) is 18.6 Å². The SMILES string of the molecule is C[C@@H]1C=C(C2CNC3NCCCC32)CNC1. The fraction of sp³-hybridized carbons (Fsp3) is 0.846. The number of nitrogens with one attached hydrogen (secondary N) is 3. The number of fused-ring (bicyclic) bond motifs is 1. The van der Waals surface area contributed by atoms with E-state index in [2.05, 4.69) is 29.0 Å². The Labute approximate surface area is 98.1 Å². The van der Waals surface area contributed by atoms with Crippen LogP contribution in [0.25, 0.3) is 0 Å². The van der Waals surface area contributed by atoms with Gasteiger partial charge < -0.3 is 16.0 Å². The third-order valence-electron chi connectivity index (χ3n) is 4.35. The van der Waals surface area contributed by atoms with Crippen molar-refractivity contribution in [2.75, 3.05) is 26.2 Å². The van der Waals surface area contributed by atoms with Crippen LogP contribution < -0.4 is 16.0 Å². The van der Waals surface area contributed by atoms with Crippen LogP contribution in [0.5, 0.6) is 0 Å². The van der Waals surface area contributed by atoms with E-state index in [4.69, 9.17) is 0 Å². The summed E-state index contributed by atoms with van der Waals surface area (Å²) in [4.78, 5) is 0. The van der Waals surface area contributed by atoms with Crippen molar-refractivity contribution in [2.45, 2.75) is 25.9 Å². The summed E-state index contributed by atoms with van der Waals surface area (Å²) in [6.45, 7) is 6.93. The van der Waals surface area contributed by atoms with E-state index in [1.807, 2.05) is 0 Å². The van der Waals surface area contributed by atoms with E-state index in [0.717, 1.165) is 24.9 Å². The molecule has 3 unspecified atom stereocenters. The molecule has 4 atom stereocenters. The molecule has 0 aromatic heterocycles. The van der Waals surface area contributed by atoms with Gasteiger partial charge in [0.1, 0.15) is 0 Å². The van der Waals surface area contributed by atoms with E-state index < -0.39 is 0 Å². The van der Waals surface area contributed by atoms with Gasteiger partial charge in [-0.25, -0.2) is 0 Å². The van der Waals surface area contributed by atoms with Crippen molar-refractivity contribution in [1.82, 2.24) is 16.0 Å². The molecule has 0 amide bonds. The zero-order valence-electron chi connectivity index (χ0n) is 10.1. The Bertz CT molecular complexity index is 287. The number of piperidine rings is 1. The second-order valence-corrected chi connectivity index (χ2v) is 5.60. The lowest BCUT2D eigenvalue weighted by Gasteiger charge is -2.32. The largest absolute Gasteiger partial charge is 0.312 e. The van der Waals surface area contributed by atoms with Crippen LogP contribution in [0.3, 0.4) is 0 Å². The van der Waals surface area contributed by atoms with E-state index in [0.29, 0.717) is 12.1 Å². The minimum absolute atomic E-state index is 0.580. The zero-order chi connectivity index (χ0) is 11.0. The van der Waals surface area contributed by atoms with Gasteiger partial charge in [-0.3, -0.25) is 0 Å². The van der Waals surface area contributed by atoms with Crippen LogP contribution >= 0.6 is 0 Å². The summed E-state index contributed by atoms with van der Waals surface area (Å²) in [5.74, 6) is 2.31. The molecular weight excluding hydrogens is 198 g/mol. The maximum atomic E-state index is 3.64. The fourth-order valence-corrected chi connectivity index (χ4v) is 3.56. The predicted octanol–water partition coefficient (Wildman–Crippen LogP) is 0.697. The Morgan fingerprint density at radius 2 is 2.19 bits per heavy atom. The molecule has 16 heavy (non-hydrogen) atoms. The van der Waals surface area contributed by atoms with Gasteiger partial charge in [-0.15, -0.1) is 0 Å². The summed E-state index contributed by atoms with van der Waals surface area (Å²) in [7, 11) is 0. The lowest BCUT2D eigenvalue weighted by atomic mass is 9.80. The van der Waals surface area contributed by atoms with Crippen molar-refractivity contribution < 1.29 is 0 Å². The monoisotopic (exact) mass is 221 g/mol. The van der Waals surface area contributed by atoms with Crippen LogP contribution in [-0.4, -0.2) is 32.3 Å². The maximum Gasteiger partial charge on any atom is 0.0607 e. The predicted molar refractivity (Wildman–Crippen MR) is 66.1 cm³/mol. The van der Waals surface area contributed by atoms with Crippen LogP contribution in [0.2, 0.25) is 0 Å². The average molecular weight is 221 g/mol. The van der Waals surface area contributed by atoms with Crippen molar-refractivity contribution in [2.24, 2.45) is 17.8 Å². The Hall–Kier alpha value is -0.380. The molecule has 90 valence electrons. The molecule has 3 heteroatoms. The highest BCUT2D eigenvalue weighted by atomic mass is 15.2. The van der Waals surface area contributed by atoms with Crippen molar-refractivity contribution in [3.05, 3.63) is 11.6 Å². The highest BCUT2D eigenvalue weighted by Crippen LogP contribution is 2.34. The molecule has 3 rings (SSSR count). The van der Waals surface area contributed by atoms with Crippen LogP contribution in [-0.2, 0) is 0 Å². The second kappa shape index (κ2) is 4.47. The zero-order valence-corrected chi connectivity index (χ0v) is 10.1. The Morgan fingerprint density at radius 3 is 3.06 bits per heavy atom. The second-order valence-electron chi connectivity index (χ2n) is 5.60. The van der Waals surface area contributed by atoms with Gasteiger partial charge in [0, 0.05) is 19.6 Å². The minimum Gasteiger partial charge on any atom is -0.312 e. The summed E-state index contributed by atoms with van der Waals surface area (Å²) < 4.78 is 0. The first-order valence-electron chi connectivity index (χ1n) is 6.72. The third kappa shape index (κ3) is 1.92. The first-order valence-corrected chi connectivity index (χ1v) is 6.72. The van der Waals surface area contributed by atoms with E-state index in [1.54, 1.807) is 5.57 Å². The molecule has 2 fully saturated rings. The molecule has 0 aliphatic carbocycles. The van der Waals surface area contributed by atoms with Crippen molar-refractivity contribution in [1.29, 1.82) is 0 Å². The van der Waals surface area contributed by atoms with Gasteiger partial charge in [-0.2, -0.15) is 0 Å². The van der Waals surface area contributed by atoms with Crippen LogP contribution in [0.15, 0.2) is 11.6 Å². The topological polar surface area (TPSA) is 36.1 Å². The van der Waals surface area contributed by atoms with Gasteiger partial charge in [0.25, 0.3) is 0 Å². The Kier molecular flexibility index (Phi) is 3.01. The molecule has 3 N–H and O–H groups in total. The summed E-state index contributed by atoms with van der Waals surface area (Å²) in [6, 6.07) is 0. The van der Waals surface area contributed by atoms with Gasteiger partial charge in [-0.05, 0) is 37.1 Å². The summed E-state index contributed by atoms with van der Waals surface area (Å²) in [6.07, 6.45) is 5.83. The third-order valence-corrected chi connectivity index (χ3v) is 4.35. The van der Waals surface area contributed by atoms with Gasteiger partial charge in [0.05, 0.1) is 6.17 Å². The van der Waals surface area contributed by atoms with Crippen LogP contribution in [0.4, 0.5) is 0 Å². The highest BCUT2D eigenvalue weighted by molar-refractivity contribution is 5.18. The number of rotatable bonds is 1. The minimum atomic E-state index is 0.580. The van der Waals surface area contributed by atoms with Crippen LogP contribution in [0, 0.1) is 17.8 Å². The molecular formula is C13H23N3. The maximum absolute atomic E-state index is 3.64. The molecule has 0 aromatic carbocycles. The van der Waals surface area contributed by atoms with E-state index in [9.17, 15) is 0 Å². The van der Waals surface area contributed by atoms with Crippen LogP contribution in [0.1, 0.15) is 19.8 Å². The summed E-state index contributed by atoms with van der Waals surface area (Å²) in [5, 5.41) is 10.8. The smallest absolute Gasteiger partial charge is 0.0607 e. The molecule has 0 bridgehead atoms. The first-order chi connectivity index (χ1) is 7.84. The quantitative estimate of drug-likeness (QED) is 0.570. The standard InChI is InChI=1S/C13H23N3/c1-9-5-10(7-14-6-9)12-8-16-13-11(12)3-2-4-15-13/h5,9,11-16H,2-4,6-8H2,1H3/t9-,11?,12?,13?/m1/s1. The van der Waals surface area contributed by atoms with Gasteiger partial charge in [0.15, 0.2) is 0 Å². The highest BCUT2D eigenvalue weighted by Gasteiger charge is 2.39. The normalized spacial score (nSPS) is 43.9. The van der Waals surface area contributed by atoms with E-state index in [-0.39, 0.29) is 0 Å².